The lowest BCUT2D eigenvalue weighted by atomic mass is 10.2. The van der Waals surface area contributed by atoms with Crippen molar-refractivity contribution in [3.63, 3.8) is 0 Å². The first-order valence-corrected chi connectivity index (χ1v) is 10.3. The molecule has 1 aromatic carbocycles. The molecule has 1 saturated carbocycles. The third-order valence-electron chi connectivity index (χ3n) is 6.17. The van der Waals surface area contributed by atoms with E-state index in [2.05, 4.69) is 5.32 Å². The number of urea groups is 1. The highest BCUT2D eigenvalue weighted by Crippen LogP contribution is 2.29. The third-order valence-corrected chi connectivity index (χ3v) is 6.17. The molecule has 7 heteroatoms. The monoisotopic (exact) mass is 384 g/mol. The van der Waals surface area contributed by atoms with Gasteiger partial charge in [0.05, 0.1) is 0 Å². The average molecular weight is 384 g/mol. The second kappa shape index (κ2) is 7.81. The van der Waals surface area contributed by atoms with Crippen LogP contribution in [-0.4, -0.2) is 59.4 Å². The van der Waals surface area contributed by atoms with Gasteiger partial charge < -0.3 is 20.0 Å². The number of nitrogens with zero attached hydrogens (tertiary/aromatic N) is 3. The van der Waals surface area contributed by atoms with Crippen LogP contribution in [0.5, 0.6) is 0 Å². The molecule has 0 spiro atoms. The molecular weight excluding hydrogens is 356 g/mol. The molecule has 2 heterocycles. The van der Waals surface area contributed by atoms with Gasteiger partial charge in [-0.05, 0) is 44.4 Å². The minimum absolute atomic E-state index is 0.0403. The van der Waals surface area contributed by atoms with Gasteiger partial charge in [-0.25, -0.2) is 4.79 Å². The Hall–Kier alpha value is -2.57. The molecular formula is C21H28N4O3. The molecule has 4 amide bonds. The van der Waals surface area contributed by atoms with Crippen molar-refractivity contribution in [1.29, 1.82) is 0 Å². The van der Waals surface area contributed by atoms with E-state index >= 15 is 0 Å². The van der Waals surface area contributed by atoms with Crippen LogP contribution in [-0.2, 0) is 9.59 Å². The topological polar surface area (TPSA) is 73.0 Å². The zero-order valence-electron chi connectivity index (χ0n) is 16.4. The molecule has 0 radical (unpaired) electrons. The van der Waals surface area contributed by atoms with Crippen LogP contribution in [0, 0.1) is 0 Å². The molecule has 150 valence electrons. The molecule has 1 atom stereocenters. The van der Waals surface area contributed by atoms with Crippen LogP contribution in [0.25, 0.3) is 0 Å². The number of rotatable bonds is 3. The van der Waals surface area contributed by atoms with Crippen LogP contribution in [0.3, 0.4) is 0 Å². The number of benzene rings is 1. The summed E-state index contributed by atoms with van der Waals surface area (Å²) in [4.78, 5) is 42.6. The molecule has 4 rings (SSSR count). The molecule has 0 bridgehead atoms. The maximum Gasteiger partial charge on any atom is 0.322 e. The fourth-order valence-corrected chi connectivity index (χ4v) is 4.62. The molecule has 0 unspecified atom stereocenters. The number of amides is 4. The molecule has 2 saturated heterocycles. The smallest absolute Gasteiger partial charge is 0.322 e. The molecule has 2 aliphatic heterocycles. The fraction of sp³-hybridized carbons (Fsp3) is 0.571. The van der Waals surface area contributed by atoms with Crippen LogP contribution >= 0.6 is 0 Å². The summed E-state index contributed by atoms with van der Waals surface area (Å²) in [6.07, 6.45) is 5.95. The Kier molecular flexibility index (Phi) is 5.24. The highest BCUT2D eigenvalue weighted by atomic mass is 16.2. The van der Waals surface area contributed by atoms with Gasteiger partial charge in [0.2, 0.25) is 11.8 Å². The Morgan fingerprint density at radius 2 is 1.86 bits per heavy atom. The predicted octanol–water partition coefficient (Wildman–Crippen LogP) is 2.82. The minimum Gasteiger partial charge on any atom is -0.336 e. The maximum absolute atomic E-state index is 12.7. The Bertz CT molecular complexity index is 775. The summed E-state index contributed by atoms with van der Waals surface area (Å²) in [5.41, 5.74) is 1.44. The molecule has 1 N–H and O–H groups in total. The number of piperazine rings is 1. The SMILES string of the molecule is C[C@@H]1CCC(=O)N1c1cccc(NC(=O)N2CCN(C3CCCC3)C(=O)C2)c1. The summed E-state index contributed by atoms with van der Waals surface area (Å²) in [5, 5.41) is 2.89. The van der Waals surface area contributed by atoms with E-state index in [1.807, 2.05) is 36.1 Å². The Labute approximate surface area is 165 Å². The number of hydrogen-bond acceptors (Lipinski definition) is 3. The standard InChI is InChI=1S/C21H28N4O3/c1-15-9-10-19(26)25(15)18-8-4-5-16(13-18)22-21(28)23-11-12-24(20(27)14-23)17-6-2-3-7-17/h4-5,8,13,15,17H,2-3,6-7,9-12,14H2,1H3,(H,22,28)/t15-/m1/s1. The van der Waals surface area contributed by atoms with Gasteiger partial charge in [0, 0.05) is 43.0 Å². The van der Waals surface area contributed by atoms with Crippen molar-refractivity contribution in [2.24, 2.45) is 0 Å². The van der Waals surface area contributed by atoms with E-state index in [4.69, 9.17) is 0 Å². The molecule has 7 nitrogen and oxygen atoms in total. The second-order valence-corrected chi connectivity index (χ2v) is 8.08. The normalized spacial score (nSPS) is 23.6. The average Bonchev–Trinajstić information content (AvgIpc) is 3.32. The van der Waals surface area contributed by atoms with Crippen LogP contribution in [0.15, 0.2) is 24.3 Å². The van der Waals surface area contributed by atoms with Crippen molar-refractivity contribution in [2.75, 3.05) is 29.9 Å². The molecule has 0 aromatic heterocycles. The number of hydrogen-bond donors (Lipinski definition) is 1. The van der Waals surface area contributed by atoms with Gasteiger partial charge in [0.25, 0.3) is 0 Å². The zero-order valence-corrected chi connectivity index (χ0v) is 16.4. The Morgan fingerprint density at radius 1 is 1.07 bits per heavy atom. The third kappa shape index (κ3) is 3.70. The van der Waals surface area contributed by atoms with Gasteiger partial charge in [-0.15, -0.1) is 0 Å². The van der Waals surface area contributed by atoms with Gasteiger partial charge >= 0.3 is 6.03 Å². The summed E-state index contributed by atoms with van der Waals surface area (Å²) in [5.74, 6) is 0.156. The fourth-order valence-electron chi connectivity index (χ4n) is 4.62. The van der Waals surface area contributed by atoms with E-state index in [1.165, 1.54) is 12.8 Å². The van der Waals surface area contributed by atoms with Crippen molar-refractivity contribution in [3.8, 4) is 0 Å². The molecule has 28 heavy (non-hydrogen) atoms. The largest absolute Gasteiger partial charge is 0.336 e. The van der Waals surface area contributed by atoms with Crippen molar-refractivity contribution in [1.82, 2.24) is 9.80 Å². The first kappa shape index (κ1) is 18.8. The molecule has 3 aliphatic rings. The van der Waals surface area contributed by atoms with Crippen LogP contribution in [0.2, 0.25) is 0 Å². The van der Waals surface area contributed by atoms with E-state index in [1.54, 1.807) is 9.80 Å². The highest BCUT2D eigenvalue weighted by molar-refractivity contribution is 5.98. The summed E-state index contributed by atoms with van der Waals surface area (Å²) in [6, 6.07) is 7.62. The number of nitrogens with one attached hydrogen (secondary N) is 1. The number of carbonyl (C=O) groups is 3. The van der Waals surface area contributed by atoms with Crippen LogP contribution < -0.4 is 10.2 Å². The minimum atomic E-state index is -0.266. The second-order valence-electron chi connectivity index (χ2n) is 8.08. The van der Waals surface area contributed by atoms with Crippen molar-refractivity contribution in [2.45, 2.75) is 57.5 Å². The highest BCUT2D eigenvalue weighted by Gasteiger charge is 2.33. The van der Waals surface area contributed by atoms with E-state index in [9.17, 15) is 14.4 Å². The van der Waals surface area contributed by atoms with Gasteiger partial charge in [-0.3, -0.25) is 9.59 Å². The van der Waals surface area contributed by atoms with Crippen LogP contribution in [0.4, 0.5) is 16.2 Å². The van der Waals surface area contributed by atoms with E-state index in [-0.39, 0.29) is 30.4 Å². The summed E-state index contributed by atoms with van der Waals surface area (Å²) >= 11 is 0. The molecule has 3 fully saturated rings. The lowest BCUT2D eigenvalue weighted by Crippen LogP contribution is -2.55. The molecule has 1 aliphatic carbocycles. The summed E-state index contributed by atoms with van der Waals surface area (Å²) in [6.45, 7) is 3.32. The van der Waals surface area contributed by atoms with E-state index in [0.717, 1.165) is 24.9 Å². The van der Waals surface area contributed by atoms with Crippen molar-refractivity contribution in [3.05, 3.63) is 24.3 Å². The zero-order chi connectivity index (χ0) is 19.7. The lowest BCUT2D eigenvalue weighted by Gasteiger charge is -2.37. The van der Waals surface area contributed by atoms with Crippen molar-refractivity contribution < 1.29 is 14.4 Å². The van der Waals surface area contributed by atoms with Crippen LogP contribution in [0.1, 0.15) is 45.4 Å². The van der Waals surface area contributed by atoms with Gasteiger partial charge in [0.15, 0.2) is 0 Å². The predicted molar refractivity (Wildman–Crippen MR) is 107 cm³/mol. The van der Waals surface area contributed by atoms with Gasteiger partial charge in [0.1, 0.15) is 6.54 Å². The van der Waals surface area contributed by atoms with Gasteiger partial charge in [-0.2, -0.15) is 0 Å². The number of carbonyl (C=O) groups excluding carboxylic acids is 3. The Morgan fingerprint density at radius 3 is 2.54 bits per heavy atom. The first-order valence-electron chi connectivity index (χ1n) is 10.3. The first-order chi connectivity index (χ1) is 13.5. The Balaban J connectivity index is 1.38. The van der Waals surface area contributed by atoms with Crippen molar-refractivity contribution >= 4 is 29.2 Å². The van der Waals surface area contributed by atoms with E-state index < -0.39 is 0 Å². The van der Waals surface area contributed by atoms with Gasteiger partial charge in [-0.1, -0.05) is 18.9 Å². The quantitative estimate of drug-likeness (QED) is 0.871. The summed E-state index contributed by atoms with van der Waals surface area (Å²) in [7, 11) is 0. The van der Waals surface area contributed by atoms with E-state index in [0.29, 0.717) is 31.2 Å². The maximum atomic E-state index is 12.7. The number of anilines is 2. The lowest BCUT2D eigenvalue weighted by molar-refractivity contribution is -0.137. The summed E-state index contributed by atoms with van der Waals surface area (Å²) < 4.78 is 0. The molecule has 1 aromatic rings.